The van der Waals surface area contributed by atoms with Gasteiger partial charge in [0, 0.05) is 26.2 Å². The third kappa shape index (κ3) is 2.80. The highest BCUT2D eigenvalue weighted by Gasteiger charge is 2.26. The summed E-state index contributed by atoms with van der Waals surface area (Å²) in [5.41, 5.74) is 2.18. The van der Waals surface area contributed by atoms with Crippen molar-refractivity contribution in [3.05, 3.63) is 35.7 Å². The summed E-state index contributed by atoms with van der Waals surface area (Å²) < 4.78 is 10.7. The van der Waals surface area contributed by atoms with Crippen molar-refractivity contribution in [1.82, 2.24) is 19.9 Å². The number of aromatic nitrogens is 2. The van der Waals surface area contributed by atoms with Gasteiger partial charge in [-0.15, -0.1) is 0 Å². The van der Waals surface area contributed by atoms with Crippen LogP contribution in [0.1, 0.15) is 23.0 Å². The second kappa shape index (κ2) is 6.33. The first-order valence-electron chi connectivity index (χ1n) is 8.50. The Morgan fingerprint density at radius 2 is 2.08 bits per heavy atom. The molecule has 130 valence electrons. The summed E-state index contributed by atoms with van der Waals surface area (Å²) >= 11 is 0. The lowest BCUT2D eigenvalue weighted by Gasteiger charge is -2.34. The molecule has 0 aromatic carbocycles. The predicted molar refractivity (Wildman–Crippen MR) is 92.3 cm³/mol. The van der Waals surface area contributed by atoms with Crippen molar-refractivity contribution in [2.24, 2.45) is 0 Å². The van der Waals surface area contributed by atoms with E-state index in [1.807, 2.05) is 17.9 Å². The quantitative estimate of drug-likeness (QED) is 0.729. The number of hydrogen-bond donors (Lipinski definition) is 0. The molecule has 0 N–H and O–H groups in total. The summed E-state index contributed by atoms with van der Waals surface area (Å²) in [6, 6.07) is 5.38. The Morgan fingerprint density at radius 3 is 2.76 bits per heavy atom. The average Bonchev–Trinajstić information content (AvgIpc) is 3.31. The lowest BCUT2D eigenvalue weighted by atomic mass is 10.1. The standard InChI is InChI=1S/C18H20N4O3/c1-3-21-6-8-22(9-7-21)18(23)13-11-14(15-5-4-10-24-15)19-17-16(13)12(2)20-25-17/h4-5,10-11H,3,6-9H2,1-2H3. The van der Waals surface area contributed by atoms with Gasteiger partial charge in [-0.25, -0.2) is 4.98 Å². The molecule has 7 heteroatoms. The minimum Gasteiger partial charge on any atom is -0.463 e. The minimum absolute atomic E-state index is 0.0118. The Kier molecular flexibility index (Phi) is 4.01. The fraction of sp³-hybridized carbons (Fsp3) is 0.389. The number of carbonyl (C=O) groups excluding carboxylic acids is 1. The van der Waals surface area contributed by atoms with Crippen LogP contribution in [-0.4, -0.2) is 58.6 Å². The van der Waals surface area contributed by atoms with Crippen molar-refractivity contribution in [3.63, 3.8) is 0 Å². The first kappa shape index (κ1) is 15.8. The molecule has 1 fully saturated rings. The lowest BCUT2D eigenvalue weighted by Crippen LogP contribution is -2.48. The topological polar surface area (TPSA) is 75.6 Å². The second-order valence-corrected chi connectivity index (χ2v) is 6.21. The van der Waals surface area contributed by atoms with E-state index in [9.17, 15) is 4.79 Å². The maximum atomic E-state index is 13.2. The van der Waals surface area contributed by atoms with E-state index in [0.717, 1.165) is 32.7 Å². The van der Waals surface area contributed by atoms with Crippen LogP contribution in [0.5, 0.6) is 0 Å². The van der Waals surface area contributed by atoms with Gasteiger partial charge in [0.1, 0.15) is 5.69 Å². The van der Waals surface area contributed by atoms with Gasteiger partial charge < -0.3 is 18.7 Å². The van der Waals surface area contributed by atoms with Crippen LogP contribution in [0, 0.1) is 6.92 Å². The molecule has 0 unspecified atom stereocenters. The molecular formula is C18H20N4O3. The number of piperazine rings is 1. The molecule has 25 heavy (non-hydrogen) atoms. The molecule has 1 aliphatic rings. The molecule has 0 spiro atoms. The number of rotatable bonds is 3. The SMILES string of the molecule is CCN1CCN(C(=O)c2cc(-c3ccco3)nc3onc(C)c23)CC1. The van der Waals surface area contributed by atoms with Crippen LogP contribution < -0.4 is 0 Å². The van der Waals surface area contributed by atoms with Gasteiger partial charge in [-0.3, -0.25) is 4.79 Å². The van der Waals surface area contributed by atoms with E-state index in [1.165, 1.54) is 0 Å². The van der Waals surface area contributed by atoms with E-state index in [4.69, 9.17) is 8.94 Å². The van der Waals surface area contributed by atoms with E-state index in [-0.39, 0.29) is 5.91 Å². The highest BCUT2D eigenvalue weighted by atomic mass is 16.5. The van der Waals surface area contributed by atoms with Crippen LogP contribution in [0.15, 0.2) is 33.4 Å². The molecule has 3 aromatic heterocycles. The average molecular weight is 340 g/mol. The molecule has 0 bridgehead atoms. The van der Waals surface area contributed by atoms with Crippen LogP contribution >= 0.6 is 0 Å². The number of furan rings is 1. The van der Waals surface area contributed by atoms with Crippen molar-refractivity contribution in [2.75, 3.05) is 32.7 Å². The molecule has 1 aliphatic heterocycles. The molecule has 0 saturated carbocycles. The number of nitrogens with zero attached hydrogens (tertiary/aromatic N) is 4. The predicted octanol–water partition coefficient (Wildman–Crippen LogP) is 2.57. The van der Waals surface area contributed by atoms with Crippen molar-refractivity contribution < 1.29 is 13.7 Å². The first-order chi connectivity index (χ1) is 12.2. The smallest absolute Gasteiger partial charge is 0.259 e. The van der Waals surface area contributed by atoms with Crippen LogP contribution in [0.2, 0.25) is 0 Å². The van der Waals surface area contributed by atoms with Crippen LogP contribution in [0.3, 0.4) is 0 Å². The molecule has 0 aliphatic carbocycles. The summed E-state index contributed by atoms with van der Waals surface area (Å²) in [6.07, 6.45) is 1.58. The maximum Gasteiger partial charge on any atom is 0.259 e. The number of likely N-dealkylation sites (N-methyl/N-ethyl adjacent to an activating group) is 1. The molecule has 4 heterocycles. The number of hydrogen-bond acceptors (Lipinski definition) is 6. The number of fused-ring (bicyclic) bond motifs is 1. The summed E-state index contributed by atoms with van der Waals surface area (Å²) in [4.78, 5) is 21.8. The zero-order valence-electron chi connectivity index (χ0n) is 14.4. The van der Waals surface area contributed by atoms with Gasteiger partial charge in [0.05, 0.1) is 22.9 Å². The number of amides is 1. The molecule has 0 atom stereocenters. The minimum atomic E-state index is -0.0118. The molecule has 1 amide bonds. The van der Waals surface area contributed by atoms with Gasteiger partial charge in [0.2, 0.25) is 0 Å². The normalized spacial score (nSPS) is 15.8. The third-order valence-electron chi connectivity index (χ3n) is 4.73. The summed E-state index contributed by atoms with van der Waals surface area (Å²) in [5.74, 6) is 0.586. The maximum absolute atomic E-state index is 13.2. The largest absolute Gasteiger partial charge is 0.463 e. The Labute approximate surface area is 145 Å². The van der Waals surface area contributed by atoms with Gasteiger partial charge in [0.15, 0.2) is 5.76 Å². The van der Waals surface area contributed by atoms with E-state index in [1.54, 1.807) is 18.4 Å². The highest BCUT2D eigenvalue weighted by Crippen LogP contribution is 2.28. The van der Waals surface area contributed by atoms with Crippen LogP contribution in [0.25, 0.3) is 22.6 Å². The highest BCUT2D eigenvalue weighted by molar-refractivity contribution is 6.06. The van der Waals surface area contributed by atoms with E-state index in [2.05, 4.69) is 22.0 Å². The molecule has 4 rings (SSSR count). The molecule has 7 nitrogen and oxygen atoms in total. The van der Waals surface area contributed by atoms with Gasteiger partial charge in [0.25, 0.3) is 11.6 Å². The van der Waals surface area contributed by atoms with E-state index >= 15 is 0 Å². The number of carbonyl (C=O) groups is 1. The Morgan fingerprint density at radius 1 is 1.28 bits per heavy atom. The Balaban J connectivity index is 1.75. The lowest BCUT2D eigenvalue weighted by molar-refractivity contribution is 0.0645. The molecule has 0 radical (unpaired) electrons. The van der Waals surface area contributed by atoms with E-state index in [0.29, 0.717) is 33.8 Å². The van der Waals surface area contributed by atoms with Crippen molar-refractivity contribution >= 4 is 17.0 Å². The zero-order valence-corrected chi connectivity index (χ0v) is 14.4. The van der Waals surface area contributed by atoms with Gasteiger partial charge >= 0.3 is 0 Å². The Bertz CT molecular complexity index is 893. The molecule has 1 saturated heterocycles. The monoisotopic (exact) mass is 340 g/mol. The second-order valence-electron chi connectivity index (χ2n) is 6.21. The fourth-order valence-electron chi connectivity index (χ4n) is 3.25. The van der Waals surface area contributed by atoms with Crippen molar-refractivity contribution in [2.45, 2.75) is 13.8 Å². The van der Waals surface area contributed by atoms with E-state index < -0.39 is 0 Å². The van der Waals surface area contributed by atoms with Gasteiger partial charge in [-0.05, 0) is 31.7 Å². The summed E-state index contributed by atoms with van der Waals surface area (Å²) in [7, 11) is 0. The first-order valence-corrected chi connectivity index (χ1v) is 8.50. The molecule has 3 aromatic rings. The van der Waals surface area contributed by atoms with Crippen molar-refractivity contribution in [1.29, 1.82) is 0 Å². The fourth-order valence-corrected chi connectivity index (χ4v) is 3.25. The third-order valence-corrected chi connectivity index (χ3v) is 4.73. The Hall–Kier alpha value is -2.67. The summed E-state index contributed by atoms with van der Waals surface area (Å²) in [5, 5.41) is 4.66. The molecular weight excluding hydrogens is 320 g/mol. The number of pyridine rings is 1. The summed E-state index contributed by atoms with van der Waals surface area (Å²) in [6.45, 7) is 8.20. The van der Waals surface area contributed by atoms with Gasteiger partial charge in [-0.2, -0.15) is 0 Å². The van der Waals surface area contributed by atoms with Crippen LogP contribution in [0.4, 0.5) is 0 Å². The zero-order chi connectivity index (χ0) is 17.4. The number of aryl methyl sites for hydroxylation is 1. The van der Waals surface area contributed by atoms with Gasteiger partial charge in [-0.1, -0.05) is 12.1 Å². The van der Waals surface area contributed by atoms with Crippen molar-refractivity contribution in [3.8, 4) is 11.5 Å². The van der Waals surface area contributed by atoms with Crippen LogP contribution in [-0.2, 0) is 0 Å².